The lowest BCUT2D eigenvalue weighted by molar-refractivity contribution is -0.145. The topological polar surface area (TPSA) is 90.0 Å². The molecule has 156 valence electrons. The summed E-state index contributed by atoms with van der Waals surface area (Å²) in [4.78, 5) is 41.2. The molecule has 2 unspecified atom stereocenters. The lowest BCUT2D eigenvalue weighted by atomic mass is 9.79. The standard InChI is InChI=1S/C21H26FN3O4/c1-21(2,3)23-18(27)16-14-9-10-25(11-12-5-7-13(22)8-6-12)19(28)15(14)17(26)20(29)24(16)4/h5-8,14,16,26H,9-11H2,1-4H3,(H,23,27). The molecule has 2 heterocycles. The minimum absolute atomic E-state index is 0.0180. The largest absolute Gasteiger partial charge is 0.503 e. The van der Waals surface area contributed by atoms with Crippen molar-refractivity contribution in [3.05, 3.63) is 47.0 Å². The predicted octanol–water partition coefficient (Wildman–Crippen LogP) is 1.74. The number of rotatable bonds is 3. The minimum atomic E-state index is -0.871. The molecule has 29 heavy (non-hydrogen) atoms. The zero-order valence-corrected chi connectivity index (χ0v) is 17.0. The van der Waals surface area contributed by atoms with Crippen LogP contribution in [0, 0.1) is 11.7 Å². The summed E-state index contributed by atoms with van der Waals surface area (Å²) in [5.41, 5.74) is 0.215. The van der Waals surface area contributed by atoms with Gasteiger partial charge in [0, 0.05) is 31.6 Å². The Hall–Kier alpha value is -2.90. The first-order chi connectivity index (χ1) is 13.5. The smallest absolute Gasteiger partial charge is 0.289 e. The van der Waals surface area contributed by atoms with E-state index < -0.39 is 35.1 Å². The number of carbonyl (C=O) groups excluding carboxylic acids is 3. The molecular weight excluding hydrogens is 377 g/mol. The Balaban J connectivity index is 1.89. The Bertz CT molecular complexity index is 873. The van der Waals surface area contributed by atoms with Gasteiger partial charge in [0.2, 0.25) is 5.91 Å². The van der Waals surface area contributed by atoms with Crippen LogP contribution in [0.4, 0.5) is 4.39 Å². The maximum atomic E-state index is 13.1. The van der Waals surface area contributed by atoms with E-state index in [0.29, 0.717) is 13.0 Å². The number of hydrogen-bond donors (Lipinski definition) is 2. The minimum Gasteiger partial charge on any atom is -0.503 e. The van der Waals surface area contributed by atoms with E-state index in [9.17, 15) is 23.9 Å². The molecule has 0 aliphatic carbocycles. The van der Waals surface area contributed by atoms with E-state index in [1.165, 1.54) is 29.0 Å². The molecule has 1 fully saturated rings. The predicted molar refractivity (Wildman–Crippen MR) is 104 cm³/mol. The molecule has 0 spiro atoms. The summed E-state index contributed by atoms with van der Waals surface area (Å²) in [5.74, 6) is -3.14. The second kappa shape index (κ2) is 7.50. The number of hydrogen-bond acceptors (Lipinski definition) is 4. The zero-order valence-electron chi connectivity index (χ0n) is 17.0. The summed E-state index contributed by atoms with van der Waals surface area (Å²) in [5, 5.41) is 13.3. The van der Waals surface area contributed by atoms with Crippen LogP contribution < -0.4 is 5.32 Å². The van der Waals surface area contributed by atoms with Gasteiger partial charge in [-0.2, -0.15) is 0 Å². The Kier molecular flexibility index (Phi) is 5.38. The van der Waals surface area contributed by atoms with Crippen molar-refractivity contribution < 1.29 is 23.9 Å². The monoisotopic (exact) mass is 403 g/mol. The molecule has 1 aromatic carbocycles. The summed E-state index contributed by atoms with van der Waals surface area (Å²) in [6, 6.07) is 4.93. The molecule has 0 bridgehead atoms. The van der Waals surface area contributed by atoms with Crippen LogP contribution in [0.15, 0.2) is 35.6 Å². The number of amides is 3. The molecule has 3 amide bonds. The van der Waals surface area contributed by atoms with Gasteiger partial charge in [0.05, 0.1) is 5.57 Å². The normalized spacial score (nSPS) is 22.7. The molecule has 0 radical (unpaired) electrons. The third-order valence-electron chi connectivity index (χ3n) is 5.23. The Morgan fingerprint density at radius 1 is 1.21 bits per heavy atom. The highest BCUT2D eigenvalue weighted by atomic mass is 19.1. The fourth-order valence-electron chi connectivity index (χ4n) is 3.90. The number of piperidine rings is 1. The summed E-state index contributed by atoms with van der Waals surface area (Å²) >= 11 is 0. The van der Waals surface area contributed by atoms with E-state index in [4.69, 9.17) is 0 Å². The van der Waals surface area contributed by atoms with Crippen LogP contribution in [-0.2, 0) is 20.9 Å². The van der Waals surface area contributed by atoms with Gasteiger partial charge in [-0.3, -0.25) is 14.4 Å². The molecule has 2 aliphatic heterocycles. The van der Waals surface area contributed by atoms with E-state index in [0.717, 1.165) is 5.56 Å². The number of fused-ring (bicyclic) bond motifs is 1. The first kappa shape index (κ1) is 20.8. The fraction of sp³-hybridized carbons (Fsp3) is 0.476. The van der Waals surface area contributed by atoms with Gasteiger partial charge in [-0.25, -0.2) is 4.39 Å². The highest BCUT2D eigenvalue weighted by Gasteiger charge is 2.49. The second-order valence-corrected chi connectivity index (χ2v) is 8.61. The molecule has 8 heteroatoms. The lowest BCUT2D eigenvalue weighted by Crippen LogP contribution is -2.61. The Morgan fingerprint density at radius 2 is 1.83 bits per heavy atom. The molecule has 2 N–H and O–H groups in total. The number of benzene rings is 1. The van der Waals surface area contributed by atoms with E-state index >= 15 is 0 Å². The van der Waals surface area contributed by atoms with Gasteiger partial charge in [-0.05, 0) is 44.9 Å². The van der Waals surface area contributed by atoms with Crippen molar-refractivity contribution in [2.45, 2.75) is 45.3 Å². The summed E-state index contributed by atoms with van der Waals surface area (Å²) in [6.07, 6.45) is 0.423. The molecule has 1 saturated heterocycles. The number of aliphatic hydroxyl groups excluding tert-OH is 1. The number of aliphatic hydroxyl groups is 1. The summed E-state index contributed by atoms with van der Waals surface area (Å²) < 4.78 is 13.1. The Morgan fingerprint density at radius 3 is 2.41 bits per heavy atom. The van der Waals surface area contributed by atoms with E-state index in [1.54, 1.807) is 12.1 Å². The van der Waals surface area contributed by atoms with Crippen LogP contribution in [-0.4, -0.2) is 57.8 Å². The second-order valence-electron chi connectivity index (χ2n) is 8.61. The highest BCUT2D eigenvalue weighted by molar-refractivity contribution is 6.08. The molecule has 3 rings (SSSR count). The highest BCUT2D eigenvalue weighted by Crippen LogP contribution is 2.36. The van der Waals surface area contributed by atoms with Crippen molar-refractivity contribution in [2.75, 3.05) is 13.6 Å². The average Bonchev–Trinajstić information content (AvgIpc) is 2.62. The first-order valence-corrected chi connectivity index (χ1v) is 9.55. The molecule has 0 aromatic heterocycles. The third-order valence-corrected chi connectivity index (χ3v) is 5.23. The summed E-state index contributed by atoms with van der Waals surface area (Å²) in [6.45, 7) is 6.09. The van der Waals surface area contributed by atoms with Gasteiger partial charge < -0.3 is 20.2 Å². The van der Waals surface area contributed by atoms with Crippen molar-refractivity contribution in [3.63, 3.8) is 0 Å². The fourth-order valence-corrected chi connectivity index (χ4v) is 3.90. The van der Waals surface area contributed by atoms with Crippen LogP contribution in [0.5, 0.6) is 0 Å². The summed E-state index contributed by atoms with van der Waals surface area (Å²) in [7, 11) is 1.46. The molecular formula is C21H26FN3O4. The molecule has 7 nitrogen and oxygen atoms in total. The van der Waals surface area contributed by atoms with E-state index in [1.807, 2.05) is 20.8 Å². The quantitative estimate of drug-likeness (QED) is 0.805. The number of nitrogens with zero attached hydrogens (tertiary/aromatic N) is 2. The van der Waals surface area contributed by atoms with Gasteiger partial charge in [-0.1, -0.05) is 12.1 Å². The Labute approximate surface area is 169 Å². The first-order valence-electron chi connectivity index (χ1n) is 9.55. The number of carbonyl (C=O) groups is 3. The van der Waals surface area contributed by atoms with Gasteiger partial charge in [-0.15, -0.1) is 0 Å². The lowest BCUT2D eigenvalue weighted by Gasteiger charge is -2.44. The van der Waals surface area contributed by atoms with Crippen LogP contribution in [0.25, 0.3) is 0 Å². The van der Waals surface area contributed by atoms with E-state index in [-0.39, 0.29) is 23.8 Å². The number of likely N-dealkylation sites (tertiary alicyclic amines) is 1. The van der Waals surface area contributed by atoms with Crippen LogP contribution >= 0.6 is 0 Å². The zero-order chi connectivity index (χ0) is 21.5. The molecule has 1 aromatic rings. The molecule has 0 saturated carbocycles. The van der Waals surface area contributed by atoms with Crippen molar-refractivity contribution in [3.8, 4) is 0 Å². The van der Waals surface area contributed by atoms with Crippen LogP contribution in [0.2, 0.25) is 0 Å². The van der Waals surface area contributed by atoms with Gasteiger partial charge in [0.1, 0.15) is 11.9 Å². The molecule has 2 aliphatic rings. The molecule has 2 atom stereocenters. The van der Waals surface area contributed by atoms with Crippen LogP contribution in [0.1, 0.15) is 32.8 Å². The maximum Gasteiger partial charge on any atom is 0.289 e. The van der Waals surface area contributed by atoms with Crippen molar-refractivity contribution in [1.82, 2.24) is 15.1 Å². The van der Waals surface area contributed by atoms with E-state index in [2.05, 4.69) is 5.32 Å². The van der Waals surface area contributed by atoms with Gasteiger partial charge in [0.25, 0.3) is 11.8 Å². The number of nitrogens with one attached hydrogen (secondary N) is 1. The van der Waals surface area contributed by atoms with Gasteiger partial charge in [0.15, 0.2) is 5.76 Å². The number of halogens is 1. The SMILES string of the molecule is CN1C(=O)C(O)=C2C(=O)N(Cc3ccc(F)cc3)CCC2C1C(=O)NC(C)(C)C. The maximum absolute atomic E-state index is 13.1. The third kappa shape index (κ3) is 4.11. The van der Waals surface area contributed by atoms with Gasteiger partial charge >= 0.3 is 0 Å². The number of likely N-dealkylation sites (N-methyl/N-ethyl adjacent to an activating group) is 1. The van der Waals surface area contributed by atoms with Crippen molar-refractivity contribution in [2.24, 2.45) is 5.92 Å². The van der Waals surface area contributed by atoms with Crippen molar-refractivity contribution in [1.29, 1.82) is 0 Å². The van der Waals surface area contributed by atoms with Crippen molar-refractivity contribution >= 4 is 17.7 Å². The van der Waals surface area contributed by atoms with Crippen LogP contribution in [0.3, 0.4) is 0 Å². The average molecular weight is 403 g/mol.